The summed E-state index contributed by atoms with van der Waals surface area (Å²) in [7, 11) is 0. The van der Waals surface area contributed by atoms with E-state index in [2.05, 4.69) is 4.74 Å². The molecule has 2 aromatic rings. The van der Waals surface area contributed by atoms with Gasteiger partial charge in [-0.2, -0.15) is 0 Å². The van der Waals surface area contributed by atoms with Gasteiger partial charge in [0, 0.05) is 10.6 Å². The zero-order valence-electron chi connectivity index (χ0n) is 10.6. The number of nitrogens with zero attached hydrogens (tertiary/aromatic N) is 1. The minimum absolute atomic E-state index is 0.723. The molecular weight excluding hydrogens is 371 g/mol. The van der Waals surface area contributed by atoms with Crippen molar-refractivity contribution < 1.29 is 4.79 Å². The second-order valence-corrected chi connectivity index (χ2v) is 10.2. The molecule has 0 spiro atoms. The maximum atomic E-state index is 12.0. The molecule has 0 unspecified atom stereocenters. The largest absolute Gasteiger partial charge is 0.298 e. The van der Waals surface area contributed by atoms with Crippen LogP contribution in [0.2, 0.25) is 0 Å². The molecule has 0 bridgehead atoms. The summed E-state index contributed by atoms with van der Waals surface area (Å²) in [6, 6.07) is 18.2. The van der Waals surface area contributed by atoms with E-state index in [1.54, 1.807) is 0 Å². The Morgan fingerprint density at radius 1 is 0.857 bits per heavy atom. The molecule has 110 valence electrons. The van der Waals surface area contributed by atoms with Crippen LogP contribution < -0.4 is 10.6 Å². The lowest BCUT2D eigenvalue weighted by Gasteiger charge is -2.19. The topological polar surface area (TPSA) is 29.4 Å². The third kappa shape index (κ3) is 4.03. The lowest BCUT2D eigenvalue weighted by molar-refractivity contribution is -0.116. The summed E-state index contributed by atoms with van der Waals surface area (Å²) in [5.41, 5.74) is 0. The lowest BCUT2D eigenvalue weighted by Crippen LogP contribution is -2.19. The van der Waals surface area contributed by atoms with Gasteiger partial charge in [0.15, 0.2) is 0 Å². The predicted molar refractivity (Wildman–Crippen MR) is 92.7 cm³/mol. The van der Waals surface area contributed by atoms with Crippen LogP contribution in [0.25, 0.3) is 0 Å². The highest BCUT2D eigenvalue weighted by Gasteiger charge is 2.34. The summed E-state index contributed by atoms with van der Waals surface area (Å²) >= 11 is 23.6. The van der Waals surface area contributed by atoms with Crippen LogP contribution in [0, 0.1) is 0 Å². The first-order valence-corrected chi connectivity index (χ1v) is 9.66. The minimum atomic E-state index is -2.83. The van der Waals surface area contributed by atoms with Crippen LogP contribution in [0.5, 0.6) is 0 Å². The van der Waals surface area contributed by atoms with Crippen molar-refractivity contribution in [3.8, 4) is 0 Å². The van der Waals surface area contributed by atoms with E-state index in [1.807, 2.05) is 60.7 Å². The maximum absolute atomic E-state index is 12.0. The first-order chi connectivity index (χ1) is 9.84. The summed E-state index contributed by atoms with van der Waals surface area (Å²) in [6.45, 7) is 0. The van der Waals surface area contributed by atoms with Crippen molar-refractivity contribution in [1.82, 2.24) is 0 Å². The van der Waals surface area contributed by atoms with Gasteiger partial charge in [0.25, 0.3) is 9.70 Å². The number of hydrogen-bond acceptors (Lipinski definition) is 1. The normalized spacial score (nSPS) is 12.0. The number of rotatable bonds is 2. The van der Waals surface area contributed by atoms with Gasteiger partial charge in [0.1, 0.15) is 6.41 Å². The van der Waals surface area contributed by atoms with Gasteiger partial charge < -0.3 is 0 Å². The molecule has 0 heterocycles. The zero-order valence-corrected chi connectivity index (χ0v) is 14.5. The molecule has 0 saturated heterocycles. The van der Waals surface area contributed by atoms with Gasteiger partial charge in [-0.25, -0.2) is 4.74 Å². The number of carbonyl (C=O) groups is 1. The number of alkyl halides is 3. The molecule has 0 N–H and O–H groups in total. The third-order valence-electron chi connectivity index (χ3n) is 2.67. The van der Waals surface area contributed by atoms with Gasteiger partial charge in [-0.05, 0) is 0 Å². The van der Waals surface area contributed by atoms with E-state index in [1.165, 1.54) is 0 Å². The quantitative estimate of drug-likeness (QED) is 0.538. The average Bonchev–Trinajstić information content (AvgIpc) is 2.48. The van der Waals surface area contributed by atoms with Crippen LogP contribution in [-0.2, 0) is 4.79 Å². The molecule has 0 saturated carbocycles. The number of amides is 1. The molecule has 7 heteroatoms. The Balaban J connectivity index is 2.67. The monoisotopic (exact) mass is 379 g/mol. The molecule has 21 heavy (non-hydrogen) atoms. The highest BCUT2D eigenvalue weighted by Crippen LogP contribution is 2.53. The molecule has 0 fully saturated rings. The molecule has 0 aromatic heterocycles. The number of benzene rings is 2. The van der Waals surface area contributed by atoms with E-state index in [0.29, 0.717) is 0 Å². The Morgan fingerprint density at radius 2 is 1.24 bits per heavy atom. The van der Waals surface area contributed by atoms with Gasteiger partial charge in [-0.3, -0.25) is 4.79 Å². The Kier molecular flexibility index (Phi) is 5.40. The highest BCUT2D eigenvalue weighted by molar-refractivity contribution is 8.02. The van der Waals surface area contributed by atoms with Crippen molar-refractivity contribution in [1.29, 1.82) is 0 Å². The molecule has 0 aliphatic rings. The van der Waals surface area contributed by atoms with Crippen molar-refractivity contribution in [2.24, 2.45) is 4.74 Å². The van der Waals surface area contributed by atoms with Gasteiger partial charge in [0.05, 0.1) is 0 Å². The molecule has 2 nitrogen and oxygen atoms in total. The Hall–Kier alpha value is -0.500. The standard InChI is InChI=1S/C14H10Cl4NOP/c15-14(16,17)13(20)19-21(18,11-7-3-1-4-8-11)12-9-5-2-6-10-12/h1-10H. The van der Waals surface area contributed by atoms with E-state index in [0.717, 1.165) is 10.6 Å². The third-order valence-corrected chi connectivity index (χ3v) is 6.97. The van der Waals surface area contributed by atoms with E-state index >= 15 is 0 Å². The smallest absolute Gasteiger partial charge is 0.268 e. The second-order valence-electron chi connectivity index (χ2n) is 4.13. The van der Waals surface area contributed by atoms with E-state index in [4.69, 9.17) is 46.0 Å². The Morgan fingerprint density at radius 3 is 1.57 bits per heavy atom. The molecular formula is C14H10Cl4NOP. The first kappa shape index (κ1) is 16.9. The molecule has 2 aromatic carbocycles. The molecule has 0 radical (unpaired) electrons. The average molecular weight is 381 g/mol. The maximum Gasteiger partial charge on any atom is 0.298 e. The van der Waals surface area contributed by atoms with Gasteiger partial charge in [0.2, 0.25) is 0 Å². The molecule has 1 amide bonds. The predicted octanol–water partition coefficient (Wildman–Crippen LogP) is 4.89. The van der Waals surface area contributed by atoms with E-state index in [-0.39, 0.29) is 0 Å². The molecule has 0 atom stereocenters. The highest BCUT2D eigenvalue weighted by atomic mass is 35.7. The van der Waals surface area contributed by atoms with E-state index < -0.39 is 16.1 Å². The summed E-state index contributed by atoms with van der Waals surface area (Å²) < 4.78 is 1.94. The van der Waals surface area contributed by atoms with E-state index in [9.17, 15) is 4.79 Å². The zero-order chi connectivity index (χ0) is 15.5. The summed E-state index contributed by atoms with van der Waals surface area (Å²) in [5.74, 6) is -0.872. The summed E-state index contributed by atoms with van der Waals surface area (Å²) in [4.78, 5) is 12.0. The SMILES string of the molecule is O=C(N=P(Cl)(c1ccccc1)c1ccccc1)C(Cl)(Cl)Cl. The van der Waals surface area contributed by atoms with Crippen molar-refractivity contribution >= 4 is 69.0 Å². The first-order valence-electron chi connectivity index (χ1n) is 5.88. The lowest BCUT2D eigenvalue weighted by atomic mass is 10.4. The van der Waals surface area contributed by atoms with Crippen molar-refractivity contribution in [3.05, 3.63) is 60.7 Å². The summed E-state index contributed by atoms with van der Waals surface area (Å²) in [6.07, 6.45) is -2.83. The van der Waals surface area contributed by atoms with Gasteiger partial charge in [-0.15, -0.1) is 0 Å². The van der Waals surface area contributed by atoms with Crippen molar-refractivity contribution in [2.45, 2.75) is 3.79 Å². The number of halogens is 4. The fraction of sp³-hybridized carbons (Fsp3) is 0.0714. The fourth-order valence-corrected chi connectivity index (χ4v) is 4.95. The summed E-state index contributed by atoms with van der Waals surface area (Å²) in [5, 5.41) is 1.45. The number of hydrogen-bond donors (Lipinski definition) is 0. The molecule has 2 rings (SSSR count). The Labute approximate surface area is 142 Å². The van der Waals surface area contributed by atoms with Crippen molar-refractivity contribution in [3.63, 3.8) is 0 Å². The number of carbonyl (C=O) groups excluding carboxylic acids is 1. The second kappa shape index (κ2) is 6.73. The van der Waals surface area contributed by atoms with Gasteiger partial charge in [-0.1, -0.05) is 107 Å². The van der Waals surface area contributed by atoms with Crippen LogP contribution in [0.3, 0.4) is 0 Å². The van der Waals surface area contributed by atoms with Crippen molar-refractivity contribution in [2.75, 3.05) is 0 Å². The van der Waals surface area contributed by atoms with Crippen LogP contribution in [0.1, 0.15) is 0 Å². The fourth-order valence-electron chi connectivity index (χ4n) is 1.70. The Bertz CT molecular complexity index is 640. The molecule has 0 aliphatic heterocycles. The minimum Gasteiger partial charge on any atom is -0.268 e. The van der Waals surface area contributed by atoms with Gasteiger partial charge >= 0.3 is 0 Å². The van der Waals surface area contributed by atoms with Crippen LogP contribution in [0.15, 0.2) is 65.4 Å². The molecule has 0 aliphatic carbocycles. The van der Waals surface area contributed by atoms with Crippen LogP contribution in [0.4, 0.5) is 0 Å². The van der Waals surface area contributed by atoms with Crippen LogP contribution in [-0.4, -0.2) is 9.70 Å². The van der Waals surface area contributed by atoms with Crippen LogP contribution >= 0.6 is 52.5 Å².